The predicted molar refractivity (Wildman–Crippen MR) is 177 cm³/mol. The van der Waals surface area contributed by atoms with Crippen LogP contribution in [0.25, 0.3) is 0 Å². The first-order chi connectivity index (χ1) is 22.2. The minimum absolute atomic E-state index is 0.114. The molecule has 4 rings (SSSR count). The van der Waals surface area contributed by atoms with Gasteiger partial charge in [-0.2, -0.15) is 4.31 Å². The molecule has 3 atom stereocenters. The number of amides is 2. The van der Waals surface area contributed by atoms with Crippen LogP contribution in [0.3, 0.4) is 0 Å². The molecule has 2 heterocycles. The monoisotopic (exact) mass is 691 g/mol. The Morgan fingerprint density at radius 1 is 1.06 bits per heavy atom. The summed E-state index contributed by atoms with van der Waals surface area (Å²) >= 11 is 1.07. The number of aromatic nitrogens is 1. The van der Waals surface area contributed by atoms with Crippen LogP contribution < -0.4 is 10.6 Å². The maximum atomic E-state index is 14.2. The molecular formula is C33H43F2N5O5S2. The van der Waals surface area contributed by atoms with Gasteiger partial charge in [-0.3, -0.25) is 9.59 Å². The number of aryl methyl sites for hydroxylation is 3. The van der Waals surface area contributed by atoms with Gasteiger partial charge in [-0.15, -0.1) is 11.3 Å². The van der Waals surface area contributed by atoms with Gasteiger partial charge < -0.3 is 20.6 Å². The van der Waals surface area contributed by atoms with Crippen molar-refractivity contribution < 1.29 is 31.9 Å². The second kappa shape index (κ2) is 15.7. The molecule has 2 amide bonds. The van der Waals surface area contributed by atoms with Gasteiger partial charge >= 0.3 is 0 Å². The zero-order valence-electron chi connectivity index (χ0n) is 27.3. The Morgan fingerprint density at radius 3 is 2.30 bits per heavy atom. The van der Waals surface area contributed by atoms with Crippen molar-refractivity contribution in [1.29, 1.82) is 0 Å². The lowest BCUT2D eigenvalue weighted by molar-refractivity contribution is 0.0600. The number of aliphatic hydroxyl groups excluding tert-OH is 1. The highest BCUT2D eigenvalue weighted by atomic mass is 32.2. The van der Waals surface area contributed by atoms with E-state index in [0.717, 1.165) is 42.4 Å². The largest absolute Gasteiger partial charge is 0.389 e. The van der Waals surface area contributed by atoms with Crippen molar-refractivity contribution in [2.24, 2.45) is 0 Å². The third-order valence-electron chi connectivity index (χ3n) is 7.98. The van der Waals surface area contributed by atoms with Gasteiger partial charge in [0.15, 0.2) is 4.21 Å². The molecule has 1 aliphatic heterocycles. The number of carbonyl (C=O) groups is 2. The van der Waals surface area contributed by atoms with Gasteiger partial charge in [0.05, 0.1) is 22.8 Å². The molecule has 14 heteroatoms. The fraction of sp³-hybridized carbons (Fsp3) is 0.485. The van der Waals surface area contributed by atoms with Gasteiger partial charge in [0.1, 0.15) is 11.6 Å². The van der Waals surface area contributed by atoms with E-state index in [1.807, 2.05) is 13.8 Å². The summed E-state index contributed by atoms with van der Waals surface area (Å²) in [6.45, 7) is 10.5. The van der Waals surface area contributed by atoms with Gasteiger partial charge in [0.25, 0.3) is 21.8 Å². The van der Waals surface area contributed by atoms with Crippen molar-refractivity contribution in [3.63, 3.8) is 0 Å². The normalized spacial score (nSPS) is 16.9. The first-order valence-corrected chi connectivity index (χ1v) is 18.0. The topological polar surface area (TPSA) is 132 Å². The van der Waals surface area contributed by atoms with Crippen LogP contribution in [0.2, 0.25) is 0 Å². The van der Waals surface area contributed by atoms with Crippen LogP contribution in [-0.2, 0) is 16.4 Å². The number of nitrogens with zero attached hydrogens (tertiary/aromatic N) is 3. The van der Waals surface area contributed by atoms with Crippen LogP contribution >= 0.6 is 11.3 Å². The number of hydrogen-bond acceptors (Lipinski definition) is 8. The van der Waals surface area contributed by atoms with E-state index in [2.05, 4.69) is 15.6 Å². The Bertz CT molecular complexity index is 1670. The van der Waals surface area contributed by atoms with E-state index in [1.54, 1.807) is 37.8 Å². The third-order valence-corrected chi connectivity index (χ3v) is 11.5. The molecule has 0 saturated carbocycles. The fourth-order valence-corrected chi connectivity index (χ4v) is 9.00. The summed E-state index contributed by atoms with van der Waals surface area (Å²) < 4.78 is 56.8. The summed E-state index contributed by atoms with van der Waals surface area (Å²) in [6, 6.07) is 5.88. The Hall–Kier alpha value is -3.30. The first kappa shape index (κ1) is 36.5. The minimum atomic E-state index is -3.92. The summed E-state index contributed by atoms with van der Waals surface area (Å²) in [4.78, 5) is 33.1. The Labute approximate surface area is 279 Å². The third kappa shape index (κ3) is 8.99. The number of piperazine rings is 1. The van der Waals surface area contributed by atoms with Crippen LogP contribution in [0.4, 0.5) is 8.78 Å². The van der Waals surface area contributed by atoms with E-state index in [4.69, 9.17) is 0 Å². The molecule has 10 nitrogen and oxygen atoms in total. The molecular weight excluding hydrogens is 649 g/mol. The molecule has 2 aromatic carbocycles. The lowest BCUT2D eigenvalue weighted by atomic mass is 9.94. The number of nitrogens with one attached hydrogen (secondary N) is 2. The maximum Gasteiger partial charge on any atom is 0.254 e. The van der Waals surface area contributed by atoms with Gasteiger partial charge in [-0.05, 0) is 81.5 Å². The van der Waals surface area contributed by atoms with E-state index in [0.29, 0.717) is 34.9 Å². The number of halogens is 2. The first-order valence-electron chi connectivity index (χ1n) is 15.8. The van der Waals surface area contributed by atoms with Crippen molar-refractivity contribution in [2.45, 2.75) is 76.3 Å². The van der Waals surface area contributed by atoms with Crippen molar-refractivity contribution in [1.82, 2.24) is 24.8 Å². The molecule has 256 valence electrons. The second-order valence-corrected chi connectivity index (χ2v) is 15.3. The zero-order chi connectivity index (χ0) is 34.5. The van der Waals surface area contributed by atoms with E-state index in [-0.39, 0.29) is 47.3 Å². The summed E-state index contributed by atoms with van der Waals surface area (Å²) in [5.74, 6) is -2.42. The minimum Gasteiger partial charge on any atom is -0.389 e. The van der Waals surface area contributed by atoms with Crippen LogP contribution in [0.5, 0.6) is 0 Å². The van der Waals surface area contributed by atoms with Gasteiger partial charge in [0, 0.05) is 56.0 Å². The fourth-order valence-electron chi connectivity index (χ4n) is 5.91. The van der Waals surface area contributed by atoms with Gasteiger partial charge in [-0.1, -0.05) is 13.8 Å². The van der Waals surface area contributed by atoms with E-state index in [1.165, 1.54) is 10.4 Å². The van der Waals surface area contributed by atoms with Crippen molar-refractivity contribution in [3.8, 4) is 0 Å². The summed E-state index contributed by atoms with van der Waals surface area (Å²) in [5.41, 5.74) is 1.80. The molecule has 1 aromatic heterocycles. The van der Waals surface area contributed by atoms with Crippen LogP contribution in [-0.4, -0.2) is 90.4 Å². The highest BCUT2D eigenvalue weighted by Crippen LogP contribution is 2.28. The number of aliphatic hydroxyl groups is 1. The van der Waals surface area contributed by atoms with Crippen LogP contribution in [0, 0.1) is 32.4 Å². The summed E-state index contributed by atoms with van der Waals surface area (Å²) in [5, 5.41) is 18.2. The standard InChI is InChI=1S/C33H43F2N5O5S2/c1-6-9-39(10-7-2)32(43)25-13-20(3)12-24(17-25)31(42)38-28(16-23-14-26(34)18-27(35)15-23)30(41)29-19-40(11-8-36-29)47(44,45)33-21(4)37-22(5)46-33/h12-15,17-18,28-30,36,41H,6-11,16,19H2,1-5H3,(H,38,42)/t28-,29+,30-/m0/s1. The predicted octanol–water partition coefficient (Wildman–Crippen LogP) is 3.97. The molecule has 0 spiro atoms. The molecule has 0 bridgehead atoms. The molecule has 1 aliphatic rings. The Balaban J connectivity index is 1.62. The van der Waals surface area contributed by atoms with Crippen LogP contribution in [0.15, 0.2) is 40.6 Å². The number of hydrogen-bond donors (Lipinski definition) is 3. The average molecular weight is 692 g/mol. The lowest BCUT2D eigenvalue weighted by Gasteiger charge is -2.38. The molecule has 3 N–H and O–H groups in total. The van der Waals surface area contributed by atoms with E-state index in [9.17, 15) is 31.9 Å². The van der Waals surface area contributed by atoms with Crippen molar-refractivity contribution >= 4 is 33.2 Å². The maximum absolute atomic E-state index is 14.2. The summed E-state index contributed by atoms with van der Waals surface area (Å²) in [6.07, 6.45) is 0.0337. The number of rotatable bonds is 13. The van der Waals surface area contributed by atoms with Gasteiger partial charge in [0.2, 0.25) is 0 Å². The highest BCUT2D eigenvalue weighted by Gasteiger charge is 2.38. The summed E-state index contributed by atoms with van der Waals surface area (Å²) in [7, 11) is -3.92. The molecule has 3 aromatic rings. The molecule has 0 unspecified atom stereocenters. The van der Waals surface area contributed by atoms with Crippen LogP contribution in [0.1, 0.15) is 69.2 Å². The average Bonchev–Trinajstić information content (AvgIpc) is 3.37. The number of carbonyl (C=O) groups excluding carboxylic acids is 2. The highest BCUT2D eigenvalue weighted by molar-refractivity contribution is 7.91. The van der Waals surface area contributed by atoms with Crippen molar-refractivity contribution in [2.75, 3.05) is 32.7 Å². The number of thiazole rings is 1. The second-order valence-electron chi connectivity index (χ2n) is 12.0. The smallest absolute Gasteiger partial charge is 0.254 e. The number of sulfonamides is 1. The molecule has 1 fully saturated rings. The molecule has 1 saturated heterocycles. The molecule has 47 heavy (non-hydrogen) atoms. The molecule has 0 radical (unpaired) electrons. The Kier molecular flexibility index (Phi) is 12.2. The quantitative estimate of drug-likeness (QED) is 0.247. The Morgan fingerprint density at radius 2 is 1.70 bits per heavy atom. The van der Waals surface area contributed by atoms with Gasteiger partial charge in [-0.25, -0.2) is 22.2 Å². The van der Waals surface area contributed by atoms with E-state index < -0.39 is 45.8 Å². The van der Waals surface area contributed by atoms with Crippen molar-refractivity contribution in [3.05, 3.63) is 81.0 Å². The number of benzene rings is 2. The van der Waals surface area contributed by atoms with E-state index >= 15 is 0 Å². The lowest BCUT2D eigenvalue weighted by Crippen LogP contribution is -2.62. The molecule has 0 aliphatic carbocycles. The zero-order valence-corrected chi connectivity index (χ0v) is 29.0. The SMILES string of the molecule is CCCN(CCC)C(=O)c1cc(C)cc(C(=O)N[C@@H](Cc2cc(F)cc(F)c2)[C@H](O)[C@H]2CN(S(=O)(=O)c3sc(C)nc3C)CCN2)c1.